The molecule has 56 heavy (non-hydrogen) atoms. The third kappa shape index (κ3) is 5.81. The summed E-state index contributed by atoms with van der Waals surface area (Å²) in [7, 11) is 0. The number of hydrogen-bond donors (Lipinski definition) is 0. The van der Waals surface area contributed by atoms with Gasteiger partial charge < -0.3 is 4.90 Å². The van der Waals surface area contributed by atoms with Crippen LogP contribution in [0.25, 0.3) is 66.4 Å². The minimum atomic E-state index is -0.219. The molecule has 10 rings (SSSR count). The van der Waals surface area contributed by atoms with E-state index in [2.05, 4.69) is 231 Å². The summed E-state index contributed by atoms with van der Waals surface area (Å²) in [5, 5.41) is 2.58. The van der Waals surface area contributed by atoms with Crippen molar-refractivity contribution in [1.82, 2.24) is 0 Å². The van der Waals surface area contributed by atoms with Crippen molar-refractivity contribution in [3.63, 3.8) is 0 Å². The van der Waals surface area contributed by atoms with Gasteiger partial charge in [-0.25, -0.2) is 0 Å². The number of rotatable bonds is 7. The average molecular weight is 716 g/mol. The zero-order valence-electron chi connectivity index (χ0n) is 31.7. The van der Waals surface area contributed by atoms with E-state index in [1.165, 1.54) is 77.5 Å². The highest BCUT2D eigenvalue weighted by Gasteiger charge is 2.38. The maximum atomic E-state index is 2.47. The summed E-state index contributed by atoms with van der Waals surface area (Å²) in [6, 6.07) is 77.4. The summed E-state index contributed by atoms with van der Waals surface area (Å²) in [6.45, 7) is 4.79. The molecule has 0 spiro atoms. The summed E-state index contributed by atoms with van der Waals surface area (Å²) in [6.07, 6.45) is 0. The molecule has 266 valence electrons. The molecule has 0 amide bonds. The third-order valence-corrected chi connectivity index (χ3v) is 11.7. The number of hydrogen-bond acceptors (Lipinski definition) is 1. The molecule has 1 aliphatic carbocycles. The lowest BCUT2D eigenvalue weighted by Gasteiger charge is -2.28. The van der Waals surface area contributed by atoms with Gasteiger partial charge in [-0.3, -0.25) is 0 Å². The van der Waals surface area contributed by atoms with Gasteiger partial charge in [-0.15, -0.1) is 0 Å². The van der Waals surface area contributed by atoms with Crippen molar-refractivity contribution in [1.29, 1.82) is 0 Å². The number of benzene rings is 9. The lowest BCUT2D eigenvalue weighted by molar-refractivity contribution is 0.661. The molecule has 1 aliphatic rings. The Balaban J connectivity index is 1.09. The Kier molecular flexibility index (Phi) is 8.23. The van der Waals surface area contributed by atoms with Crippen LogP contribution in [-0.2, 0) is 5.41 Å². The SMILES string of the molecule is CC1(C)c2cc(N(c3ccc(-c4ccccc4)cc3)c3ccc(-c4ccccc4)cc3)ccc2-c2c1cc(-c1ccc(-c3ccccc3)cc1)c1ccccc21. The Morgan fingerprint density at radius 3 is 1.20 bits per heavy atom. The van der Waals surface area contributed by atoms with E-state index in [0.717, 1.165) is 17.1 Å². The zero-order chi connectivity index (χ0) is 37.6. The van der Waals surface area contributed by atoms with Crippen molar-refractivity contribution in [3.05, 3.63) is 223 Å². The third-order valence-electron chi connectivity index (χ3n) is 11.7. The number of anilines is 3. The largest absolute Gasteiger partial charge is 0.310 e. The highest BCUT2D eigenvalue weighted by atomic mass is 15.1. The van der Waals surface area contributed by atoms with E-state index in [0.29, 0.717) is 0 Å². The van der Waals surface area contributed by atoms with Crippen molar-refractivity contribution in [3.8, 4) is 55.6 Å². The van der Waals surface area contributed by atoms with E-state index >= 15 is 0 Å². The first kappa shape index (κ1) is 33.6. The van der Waals surface area contributed by atoms with Gasteiger partial charge in [-0.1, -0.05) is 184 Å². The van der Waals surface area contributed by atoms with Crippen LogP contribution in [0.1, 0.15) is 25.0 Å². The van der Waals surface area contributed by atoms with Crippen LogP contribution in [0.5, 0.6) is 0 Å². The molecule has 0 atom stereocenters. The Hall–Kier alpha value is -6.96. The first-order valence-corrected chi connectivity index (χ1v) is 19.5. The molecule has 0 unspecified atom stereocenters. The molecule has 0 saturated heterocycles. The number of nitrogens with zero attached hydrogens (tertiary/aromatic N) is 1. The monoisotopic (exact) mass is 715 g/mol. The Labute approximate surface area is 329 Å². The van der Waals surface area contributed by atoms with Gasteiger partial charge in [0.2, 0.25) is 0 Å². The predicted molar refractivity (Wildman–Crippen MR) is 238 cm³/mol. The Morgan fingerprint density at radius 2 is 0.696 bits per heavy atom. The fourth-order valence-electron chi connectivity index (χ4n) is 8.74. The van der Waals surface area contributed by atoms with E-state index in [1.807, 2.05) is 0 Å². The molecule has 9 aromatic rings. The summed E-state index contributed by atoms with van der Waals surface area (Å²) in [5.41, 5.74) is 18.4. The molecule has 0 aromatic heterocycles. The Morgan fingerprint density at radius 1 is 0.304 bits per heavy atom. The van der Waals surface area contributed by atoms with E-state index in [-0.39, 0.29) is 5.41 Å². The molecule has 0 heterocycles. The summed E-state index contributed by atoms with van der Waals surface area (Å²) in [4.78, 5) is 2.40. The predicted octanol–water partition coefficient (Wildman–Crippen LogP) is 15.3. The molecular formula is C55H41N. The fraction of sp³-hybridized carbons (Fsp3) is 0.0545. The van der Waals surface area contributed by atoms with Crippen LogP contribution in [0.2, 0.25) is 0 Å². The first-order valence-electron chi connectivity index (χ1n) is 19.5. The molecular weight excluding hydrogens is 675 g/mol. The minimum absolute atomic E-state index is 0.219. The van der Waals surface area contributed by atoms with Crippen molar-refractivity contribution in [2.45, 2.75) is 19.3 Å². The first-order chi connectivity index (χ1) is 27.5. The minimum Gasteiger partial charge on any atom is -0.310 e. The van der Waals surface area contributed by atoms with Gasteiger partial charge in [-0.2, -0.15) is 0 Å². The second-order valence-electron chi connectivity index (χ2n) is 15.4. The van der Waals surface area contributed by atoms with Crippen LogP contribution < -0.4 is 4.90 Å². The second-order valence-corrected chi connectivity index (χ2v) is 15.4. The molecule has 0 saturated carbocycles. The summed E-state index contributed by atoms with van der Waals surface area (Å²) in [5.74, 6) is 0. The quantitative estimate of drug-likeness (QED) is 0.159. The molecule has 1 nitrogen and oxygen atoms in total. The van der Waals surface area contributed by atoms with Gasteiger partial charge in [0.15, 0.2) is 0 Å². The van der Waals surface area contributed by atoms with Crippen LogP contribution >= 0.6 is 0 Å². The van der Waals surface area contributed by atoms with Crippen LogP contribution in [-0.4, -0.2) is 0 Å². The molecule has 0 fully saturated rings. The standard InChI is InChI=1S/C55H41N/c1-55(2)52-36-47(56(45-30-26-42(27-31-45)39-16-8-4-9-17-39)46-32-28-43(29-33-46)40-18-10-5-11-19-40)34-35-50(52)54-49-21-13-12-20-48(49)51(37-53(54)55)44-24-22-41(23-25-44)38-14-6-3-7-15-38/h3-37H,1-2H3. The van der Waals surface area contributed by atoms with Crippen LogP contribution in [0.4, 0.5) is 17.1 Å². The van der Waals surface area contributed by atoms with E-state index in [4.69, 9.17) is 0 Å². The van der Waals surface area contributed by atoms with E-state index < -0.39 is 0 Å². The maximum Gasteiger partial charge on any atom is 0.0465 e. The fourth-order valence-corrected chi connectivity index (χ4v) is 8.74. The Bertz CT molecular complexity index is 2740. The van der Waals surface area contributed by atoms with Crippen LogP contribution in [0.15, 0.2) is 212 Å². The van der Waals surface area contributed by atoms with Gasteiger partial charge in [0.25, 0.3) is 0 Å². The second kappa shape index (κ2) is 13.7. The van der Waals surface area contributed by atoms with Gasteiger partial charge in [0, 0.05) is 22.5 Å². The highest BCUT2D eigenvalue weighted by molar-refractivity contribution is 6.09. The van der Waals surface area contributed by atoms with Crippen molar-refractivity contribution in [2.24, 2.45) is 0 Å². The van der Waals surface area contributed by atoms with Crippen LogP contribution in [0.3, 0.4) is 0 Å². The summed E-state index contributed by atoms with van der Waals surface area (Å²) < 4.78 is 0. The lowest BCUT2D eigenvalue weighted by atomic mass is 9.80. The molecule has 0 bridgehead atoms. The van der Waals surface area contributed by atoms with Crippen molar-refractivity contribution >= 4 is 27.8 Å². The highest BCUT2D eigenvalue weighted by Crippen LogP contribution is 2.54. The van der Waals surface area contributed by atoms with E-state index in [1.54, 1.807) is 0 Å². The molecule has 1 heteroatoms. The molecule has 0 N–H and O–H groups in total. The molecule has 0 radical (unpaired) electrons. The number of fused-ring (bicyclic) bond motifs is 5. The molecule has 0 aliphatic heterocycles. The maximum absolute atomic E-state index is 2.47. The van der Waals surface area contributed by atoms with Crippen LogP contribution in [0, 0.1) is 0 Å². The normalized spacial score (nSPS) is 12.6. The lowest BCUT2D eigenvalue weighted by Crippen LogP contribution is -2.16. The smallest absolute Gasteiger partial charge is 0.0465 e. The van der Waals surface area contributed by atoms with Crippen molar-refractivity contribution in [2.75, 3.05) is 4.90 Å². The van der Waals surface area contributed by atoms with Gasteiger partial charge >= 0.3 is 0 Å². The summed E-state index contributed by atoms with van der Waals surface area (Å²) >= 11 is 0. The van der Waals surface area contributed by atoms with Gasteiger partial charge in [0.1, 0.15) is 0 Å². The van der Waals surface area contributed by atoms with Gasteiger partial charge in [0.05, 0.1) is 0 Å². The van der Waals surface area contributed by atoms with E-state index in [9.17, 15) is 0 Å². The average Bonchev–Trinajstić information content (AvgIpc) is 3.50. The topological polar surface area (TPSA) is 3.24 Å². The van der Waals surface area contributed by atoms with Gasteiger partial charge in [-0.05, 0) is 120 Å². The molecule has 9 aromatic carbocycles. The zero-order valence-corrected chi connectivity index (χ0v) is 31.7. The van der Waals surface area contributed by atoms with Crippen molar-refractivity contribution < 1.29 is 0 Å².